The fourth-order valence-corrected chi connectivity index (χ4v) is 1.36. The highest BCUT2D eigenvalue weighted by molar-refractivity contribution is 5.65. The molecule has 0 heterocycles. The van der Waals surface area contributed by atoms with Crippen LogP contribution in [-0.4, -0.2) is 28.5 Å². The zero-order valence-corrected chi connectivity index (χ0v) is 8.50. The maximum absolute atomic E-state index is 10.5. The third-order valence-electron chi connectivity index (χ3n) is 2.12. The van der Waals surface area contributed by atoms with Crippen molar-refractivity contribution in [3.63, 3.8) is 0 Å². The van der Waals surface area contributed by atoms with Crippen LogP contribution < -0.4 is 5.32 Å². The van der Waals surface area contributed by atoms with Gasteiger partial charge in [-0.05, 0) is 12.0 Å². The van der Waals surface area contributed by atoms with E-state index >= 15 is 0 Å². The summed E-state index contributed by atoms with van der Waals surface area (Å²) in [4.78, 5) is 10.5. The van der Waals surface area contributed by atoms with Crippen molar-refractivity contribution in [2.24, 2.45) is 0 Å². The van der Waals surface area contributed by atoms with Gasteiger partial charge in [0.2, 0.25) is 0 Å². The number of aliphatic hydroxyl groups excluding tert-OH is 1. The van der Waals surface area contributed by atoms with Crippen LogP contribution in [0.4, 0.5) is 4.79 Å². The van der Waals surface area contributed by atoms with Crippen molar-refractivity contribution in [3.8, 4) is 6.07 Å². The van der Waals surface area contributed by atoms with Gasteiger partial charge in [0, 0.05) is 0 Å². The second-order valence-corrected chi connectivity index (χ2v) is 3.32. The molecule has 1 aromatic carbocycles. The number of aliphatic hydroxyl groups is 1. The van der Waals surface area contributed by atoms with Gasteiger partial charge in [-0.15, -0.1) is 0 Å². The van der Waals surface area contributed by atoms with Gasteiger partial charge in [0.1, 0.15) is 0 Å². The summed E-state index contributed by atoms with van der Waals surface area (Å²) in [5, 5.41) is 28.6. The van der Waals surface area contributed by atoms with Gasteiger partial charge in [-0.25, -0.2) is 4.79 Å². The average Bonchev–Trinajstić information content (AvgIpc) is 2.28. The lowest BCUT2D eigenvalue weighted by molar-refractivity contribution is 0.154. The first kappa shape index (κ1) is 12.0. The molecule has 1 aromatic rings. The molecule has 2 atom stereocenters. The standard InChI is InChI=1S/C11H12N2O3/c12-7-10(14)9(13-11(15)16)6-8-4-2-1-3-5-8/h1-5,9-10,13-14H,6H2,(H,15,16)/t9-,10-/m0/s1. The highest BCUT2D eigenvalue weighted by Crippen LogP contribution is 2.06. The summed E-state index contributed by atoms with van der Waals surface area (Å²) < 4.78 is 0. The summed E-state index contributed by atoms with van der Waals surface area (Å²) in [7, 11) is 0. The first-order chi connectivity index (χ1) is 7.63. The van der Waals surface area contributed by atoms with E-state index in [9.17, 15) is 9.90 Å². The molecule has 0 aliphatic heterocycles. The van der Waals surface area contributed by atoms with E-state index in [0.29, 0.717) is 0 Å². The first-order valence-electron chi connectivity index (χ1n) is 4.74. The fraction of sp³-hybridized carbons (Fsp3) is 0.273. The number of nitrogens with zero attached hydrogens (tertiary/aromatic N) is 1. The SMILES string of the molecule is N#C[C@H](O)[C@H](Cc1ccccc1)NC(=O)O. The van der Waals surface area contributed by atoms with Gasteiger partial charge < -0.3 is 15.5 Å². The Morgan fingerprint density at radius 2 is 2.06 bits per heavy atom. The van der Waals surface area contributed by atoms with E-state index in [-0.39, 0.29) is 6.42 Å². The zero-order valence-electron chi connectivity index (χ0n) is 8.50. The van der Waals surface area contributed by atoms with Crippen molar-refractivity contribution in [2.75, 3.05) is 0 Å². The molecule has 3 N–H and O–H groups in total. The minimum absolute atomic E-state index is 0.280. The van der Waals surface area contributed by atoms with Crippen molar-refractivity contribution in [1.29, 1.82) is 5.26 Å². The Balaban J connectivity index is 2.71. The molecule has 0 spiro atoms. The molecule has 5 heteroatoms. The smallest absolute Gasteiger partial charge is 0.405 e. The van der Waals surface area contributed by atoms with Crippen LogP contribution in [0, 0.1) is 11.3 Å². The highest BCUT2D eigenvalue weighted by atomic mass is 16.4. The van der Waals surface area contributed by atoms with E-state index < -0.39 is 18.2 Å². The van der Waals surface area contributed by atoms with Gasteiger partial charge in [-0.2, -0.15) is 5.26 Å². The maximum Gasteiger partial charge on any atom is 0.405 e. The molecule has 84 valence electrons. The second-order valence-electron chi connectivity index (χ2n) is 3.32. The van der Waals surface area contributed by atoms with Crippen LogP contribution in [0.15, 0.2) is 30.3 Å². The van der Waals surface area contributed by atoms with Crippen molar-refractivity contribution >= 4 is 6.09 Å². The Morgan fingerprint density at radius 1 is 1.44 bits per heavy atom. The maximum atomic E-state index is 10.5. The van der Waals surface area contributed by atoms with Gasteiger partial charge in [0.05, 0.1) is 12.1 Å². The Morgan fingerprint density at radius 3 is 2.56 bits per heavy atom. The number of nitrogens with one attached hydrogen (secondary N) is 1. The number of benzene rings is 1. The molecule has 16 heavy (non-hydrogen) atoms. The molecule has 0 saturated heterocycles. The molecular weight excluding hydrogens is 208 g/mol. The van der Waals surface area contributed by atoms with Gasteiger partial charge >= 0.3 is 6.09 Å². The minimum Gasteiger partial charge on any atom is -0.465 e. The molecule has 0 aromatic heterocycles. The Bertz CT molecular complexity index is 386. The lowest BCUT2D eigenvalue weighted by Gasteiger charge is -2.17. The Kier molecular flexibility index (Phi) is 4.30. The lowest BCUT2D eigenvalue weighted by atomic mass is 10.0. The van der Waals surface area contributed by atoms with E-state index in [1.165, 1.54) is 0 Å². The molecule has 0 unspecified atom stereocenters. The number of hydrogen-bond donors (Lipinski definition) is 3. The molecule has 0 bridgehead atoms. The minimum atomic E-state index is -1.35. The molecule has 0 aliphatic carbocycles. The number of carbonyl (C=O) groups is 1. The molecule has 1 amide bonds. The van der Waals surface area contributed by atoms with E-state index in [2.05, 4.69) is 5.32 Å². The summed E-state index contributed by atoms with van der Waals surface area (Å²) in [6.07, 6.45) is -2.33. The van der Waals surface area contributed by atoms with Gasteiger partial charge in [-0.3, -0.25) is 0 Å². The van der Waals surface area contributed by atoms with Crippen molar-refractivity contribution in [2.45, 2.75) is 18.6 Å². The molecular formula is C11H12N2O3. The summed E-state index contributed by atoms with van der Waals surface area (Å²) in [5.41, 5.74) is 0.857. The van der Waals surface area contributed by atoms with Gasteiger partial charge in [0.15, 0.2) is 6.10 Å². The number of carboxylic acid groups (broad SMARTS) is 1. The van der Waals surface area contributed by atoms with Crippen LogP contribution in [0.1, 0.15) is 5.56 Å². The molecule has 0 aliphatic rings. The lowest BCUT2D eigenvalue weighted by Crippen LogP contribution is -2.43. The van der Waals surface area contributed by atoms with Gasteiger partial charge in [0.25, 0.3) is 0 Å². The molecule has 0 saturated carbocycles. The quantitative estimate of drug-likeness (QED) is 0.653. The fourth-order valence-electron chi connectivity index (χ4n) is 1.36. The Labute approximate surface area is 92.9 Å². The first-order valence-corrected chi connectivity index (χ1v) is 4.74. The third kappa shape index (κ3) is 3.59. The van der Waals surface area contributed by atoms with Crippen molar-refractivity contribution in [3.05, 3.63) is 35.9 Å². The van der Waals surface area contributed by atoms with E-state index in [4.69, 9.17) is 10.4 Å². The molecule has 1 rings (SSSR count). The van der Waals surface area contributed by atoms with Crippen LogP contribution >= 0.6 is 0 Å². The van der Waals surface area contributed by atoms with Crippen LogP contribution in [-0.2, 0) is 6.42 Å². The monoisotopic (exact) mass is 220 g/mol. The summed E-state index contributed by atoms with van der Waals surface area (Å²) in [6, 6.07) is 9.88. The number of hydrogen-bond acceptors (Lipinski definition) is 3. The van der Waals surface area contributed by atoms with Crippen LogP contribution in [0.25, 0.3) is 0 Å². The Hall–Kier alpha value is -2.06. The molecule has 5 nitrogen and oxygen atoms in total. The van der Waals surface area contributed by atoms with Crippen LogP contribution in [0.3, 0.4) is 0 Å². The van der Waals surface area contributed by atoms with Crippen molar-refractivity contribution in [1.82, 2.24) is 5.32 Å². The average molecular weight is 220 g/mol. The van der Waals surface area contributed by atoms with Crippen LogP contribution in [0.5, 0.6) is 0 Å². The van der Waals surface area contributed by atoms with Crippen LogP contribution in [0.2, 0.25) is 0 Å². The highest BCUT2D eigenvalue weighted by Gasteiger charge is 2.20. The summed E-state index contributed by atoms with van der Waals surface area (Å²) in [6.45, 7) is 0. The predicted molar refractivity (Wildman–Crippen MR) is 56.7 cm³/mol. The van der Waals surface area contributed by atoms with E-state index in [1.54, 1.807) is 18.2 Å². The van der Waals surface area contributed by atoms with Gasteiger partial charge in [-0.1, -0.05) is 30.3 Å². The second kappa shape index (κ2) is 5.73. The topological polar surface area (TPSA) is 93.4 Å². The van der Waals surface area contributed by atoms with Crippen molar-refractivity contribution < 1.29 is 15.0 Å². The third-order valence-corrected chi connectivity index (χ3v) is 2.12. The summed E-state index contributed by atoms with van der Waals surface area (Å²) in [5.74, 6) is 0. The van der Waals surface area contributed by atoms with E-state index in [0.717, 1.165) is 5.56 Å². The number of nitriles is 1. The number of amides is 1. The normalized spacial score (nSPS) is 13.5. The largest absolute Gasteiger partial charge is 0.465 e. The zero-order chi connectivity index (χ0) is 12.0. The van der Waals surface area contributed by atoms with E-state index in [1.807, 2.05) is 18.2 Å². The summed E-state index contributed by atoms with van der Waals surface area (Å²) >= 11 is 0. The number of rotatable bonds is 4. The molecule has 0 radical (unpaired) electrons. The molecule has 0 fully saturated rings. The predicted octanol–water partition coefficient (Wildman–Crippen LogP) is 0.750.